The van der Waals surface area contributed by atoms with E-state index >= 15 is 0 Å². The van der Waals surface area contributed by atoms with Crippen molar-refractivity contribution in [3.63, 3.8) is 0 Å². The SMILES string of the molecule is Cc1cc(C)c(N2CCN(C(=O)Nc3ccc(C#N)cc3)CC2)c(Cl)c1. The molecule has 0 saturated carbocycles. The molecule has 0 aromatic heterocycles. The van der Waals surface area contributed by atoms with Crippen molar-refractivity contribution in [2.24, 2.45) is 0 Å². The van der Waals surface area contributed by atoms with Crippen molar-refractivity contribution in [2.45, 2.75) is 13.8 Å². The van der Waals surface area contributed by atoms with E-state index in [1.807, 2.05) is 13.0 Å². The number of carbonyl (C=O) groups is 1. The van der Waals surface area contributed by atoms with Crippen LogP contribution in [0, 0.1) is 25.2 Å². The van der Waals surface area contributed by atoms with Crippen LogP contribution in [0.5, 0.6) is 0 Å². The van der Waals surface area contributed by atoms with Crippen molar-refractivity contribution in [1.29, 1.82) is 5.26 Å². The number of halogens is 1. The lowest BCUT2D eigenvalue weighted by Crippen LogP contribution is -2.50. The molecular formula is C20H21ClN4O. The first-order chi connectivity index (χ1) is 12.5. The number of hydrogen-bond donors (Lipinski definition) is 1. The molecule has 0 radical (unpaired) electrons. The molecule has 2 aromatic rings. The number of carbonyl (C=O) groups excluding carboxylic acids is 1. The highest BCUT2D eigenvalue weighted by atomic mass is 35.5. The summed E-state index contributed by atoms with van der Waals surface area (Å²) < 4.78 is 0. The summed E-state index contributed by atoms with van der Waals surface area (Å²) in [6.45, 7) is 6.85. The largest absolute Gasteiger partial charge is 0.367 e. The third-order valence-electron chi connectivity index (χ3n) is 4.55. The second-order valence-electron chi connectivity index (χ2n) is 6.51. The van der Waals surface area contributed by atoms with Gasteiger partial charge in [-0.05, 0) is 55.3 Å². The van der Waals surface area contributed by atoms with Gasteiger partial charge in [-0.3, -0.25) is 0 Å². The predicted molar refractivity (Wildman–Crippen MR) is 105 cm³/mol. The number of benzene rings is 2. The molecule has 1 N–H and O–H groups in total. The Morgan fingerprint density at radius 3 is 2.35 bits per heavy atom. The highest BCUT2D eigenvalue weighted by molar-refractivity contribution is 6.33. The maximum atomic E-state index is 12.4. The molecule has 0 unspecified atom stereocenters. The van der Waals surface area contributed by atoms with Crippen LogP contribution in [0.1, 0.15) is 16.7 Å². The zero-order valence-electron chi connectivity index (χ0n) is 14.9. The minimum Gasteiger partial charge on any atom is -0.367 e. The van der Waals surface area contributed by atoms with Crippen molar-refractivity contribution >= 4 is 29.0 Å². The molecule has 0 spiro atoms. The van der Waals surface area contributed by atoms with Crippen LogP contribution < -0.4 is 10.2 Å². The van der Waals surface area contributed by atoms with Gasteiger partial charge in [0.2, 0.25) is 0 Å². The van der Waals surface area contributed by atoms with E-state index in [0.29, 0.717) is 24.3 Å². The molecule has 26 heavy (non-hydrogen) atoms. The Kier molecular flexibility index (Phi) is 5.34. The van der Waals surface area contributed by atoms with Gasteiger partial charge in [0, 0.05) is 31.9 Å². The summed E-state index contributed by atoms with van der Waals surface area (Å²) in [7, 11) is 0. The molecule has 134 valence electrons. The number of rotatable bonds is 2. The lowest BCUT2D eigenvalue weighted by molar-refractivity contribution is 0.208. The fraction of sp³-hybridized carbons (Fsp3) is 0.300. The molecule has 1 fully saturated rings. The Labute approximate surface area is 158 Å². The summed E-state index contributed by atoms with van der Waals surface area (Å²) in [6, 6.07) is 12.9. The van der Waals surface area contributed by atoms with Crippen LogP contribution in [-0.4, -0.2) is 37.1 Å². The van der Waals surface area contributed by atoms with Crippen molar-refractivity contribution in [3.05, 3.63) is 58.1 Å². The van der Waals surface area contributed by atoms with Gasteiger partial charge in [0.05, 0.1) is 22.3 Å². The molecular weight excluding hydrogens is 348 g/mol. The second-order valence-corrected chi connectivity index (χ2v) is 6.91. The molecule has 1 aliphatic rings. The third-order valence-corrected chi connectivity index (χ3v) is 4.83. The van der Waals surface area contributed by atoms with Crippen LogP contribution in [0.25, 0.3) is 0 Å². The van der Waals surface area contributed by atoms with E-state index in [4.69, 9.17) is 16.9 Å². The highest BCUT2D eigenvalue weighted by Crippen LogP contribution is 2.31. The van der Waals surface area contributed by atoms with Gasteiger partial charge in [-0.1, -0.05) is 17.7 Å². The molecule has 0 bridgehead atoms. The number of anilines is 2. The Balaban J connectivity index is 1.61. The standard InChI is InChI=1S/C20H21ClN4O/c1-14-11-15(2)19(18(21)12-14)24-7-9-25(10-8-24)20(26)23-17-5-3-16(13-22)4-6-17/h3-6,11-12H,7-10H2,1-2H3,(H,23,26). The average molecular weight is 369 g/mol. The fourth-order valence-corrected chi connectivity index (χ4v) is 3.71. The van der Waals surface area contributed by atoms with Gasteiger partial charge in [0.25, 0.3) is 0 Å². The molecule has 2 amide bonds. The third kappa shape index (κ3) is 3.92. The van der Waals surface area contributed by atoms with Crippen LogP contribution in [0.3, 0.4) is 0 Å². The van der Waals surface area contributed by atoms with Gasteiger partial charge in [0.15, 0.2) is 0 Å². The topological polar surface area (TPSA) is 59.4 Å². The smallest absolute Gasteiger partial charge is 0.321 e. The molecule has 6 heteroatoms. The first-order valence-electron chi connectivity index (χ1n) is 8.55. The summed E-state index contributed by atoms with van der Waals surface area (Å²) in [5.41, 5.74) is 4.63. The Hall–Kier alpha value is -2.71. The molecule has 3 rings (SSSR count). The molecule has 0 aliphatic carbocycles. The lowest BCUT2D eigenvalue weighted by Gasteiger charge is -2.37. The van der Waals surface area contributed by atoms with Gasteiger partial charge >= 0.3 is 6.03 Å². The number of hydrogen-bond acceptors (Lipinski definition) is 3. The number of urea groups is 1. The van der Waals surface area contributed by atoms with E-state index in [2.05, 4.69) is 29.3 Å². The van der Waals surface area contributed by atoms with Crippen molar-refractivity contribution in [1.82, 2.24) is 4.90 Å². The maximum Gasteiger partial charge on any atom is 0.321 e. The normalized spacial score (nSPS) is 14.1. The molecule has 0 atom stereocenters. The number of aryl methyl sites for hydroxylation is 2. The zero-order valence-corrected chi connectivity index (χ0v) is 15.7. The number of piperazine rings is 1. The van der Waals surface area contributed by atoms with Crippen molar-refractivity contribution in [2.75, 3.05) is 36.4 Å². The van der Waals surface area contributed by atoms with Crippen molar-refractivity contribution < 1.29 is 4.79 Å². The van der Waals surface area contributed by atoms with Crippen LogP contribution in [-0.2, 0) is 0 Å². The van der Waals surface area contributed by atoms with Gasteiger partial charge in [-0.25, -0.2) is 4.79 Å². The van der Waals surface area contributed by atoms with Gasteiger partial charge in [-0.2, -0.15) is 5.26 Å². The fourth-order valence-electron chi connectivity index (χ4n) is 3.27. The minimum atomic E-state index is -0.124. The van der Waals surface area contributed by atoms with E-state index in [1.165, 1.54) is 0 Å². The number of amides is 2. The van der Waals surface area contributed by atoms with E-state index in [-0.39, 0.29) is 6.03 Å². The summed E-state index contributed by atoms with van der Waals surface area (Å²) in [5.74, 6) is 0. The van der Waals surface area contributed by atoms with Crippen LogP contribution in [0.15, 0.2) is 36.4 Å². The number of nitrogens with zero attached hydrogens (tertiary/aromatic N) is 3. The summed E-state index contributed by atoms with van der Waals surface area (Å²) >= 11 is 6.44. The van der Waals surface area contributed by atoms with Gasteiger partial charge < -0.3 is 15.1 Å². The second kappa shape index (κ2) is 7.67. The number of nitrogens with one attached hydrogen (secondary N) is 1. The Bertz CT molecular complexity index is 826. The molecule has 1 saturated heterocycles. The van der Waals surface area contributed by atoms with Crippen molar-refractivity contribution in [3.8, 4) is 6.07 Å². The molecule has 2 aromatic carbocycles. The summed E-state index contributed by atoms with van der Waals surface area (Å²) in [6.07, 6.45) is 0. The Morgan fingerprint density at radius 2 is 1.77 bits per heavy atom. The van der Waals surface area contributed by atoms with E-state index in [1.54, 1.807) is 29.2 Å². The minimum absolute atomic E-state index is 0.124. The first-order valence-corrected chi connectivity index (χ1v) is 8.93. The Morgan fingerprint density at radius 1 is 1.12 bits per heavy atom. The summed E-state index contributed by atoms with van der Waals surface area (Å²) in [4.78, 5) is 16.5. The maximum absolute atomic E-state index is 12.4. The van der Waals surface area contributed by atoms with Gasteiger partial charge in [0.1, 0.15) is 0 Å². The van der Waals surface area contributed by atoms with Crippen LogP contribution in [0.2, 0.25) is 5.02 Å². The van der Waals surface area contributed by atoms with Crippen LogP contribution >= 0.6 is 11.6 Å². The van der Waals surface area contributed by atoms with E-state index < -0.39 is 0 Å². The number of nitriles is 1. The first kappa shape index (κ1) is 18.1. The predicted octanol–water partition coefficient (Wildman–Crippen LogP) is 4.18. The molecule has 1 heterocycles. The van der Waals surface area contributed by atoms with E-state index in [0.717, 1.165) is 34.9 Å². The quantitative estimate of drug-likeness (QED) is 0.864. The molecule has 1 aliphatic heterocycles. The summed E-state index contributed by atoms with van der Waals surface area (Å²) in [5, 5.41) is 12.5. The highest BCUT2D eigenvalue weighted by Gasteiger charge is 2.23. The van der Waals surface area contributed by atoms with Gasteiger partial charge in [-0.15, -0.1) is 0 Å². The van der Waals surface area contributed by atoms with E-state index in [9.17, 15) is 4.79 Å². The molecule has 5 nitrogen and oxygen atoms in total. The monoisotopic (exact) mass is 368 g/mol. The average Bonchev–Trinajstić information content (AvgIpc) is 2.62. The lowest BCUT2D eigenvalue weighted by atomic mass is 10.1. The van der Waals surface area contributed by atoms with Crippen LogP contribution in [0.4, 0.5) is 16.2 Å². The zero-order chi connectivity index (χ0) is 18.7.